The molecule has 0 aliphatic rings. The summed E-state index contributed by atoms with van der Waals surface area (Å²) in [5.74, 6) is 0. The number of nitrogens with zero attached hydrogens (tertiary/aromatic N) is 1. The second-order valence-electron chi connectivity index (χ2n) is 3.71. The van der Waals surface area contributed by atoms with E-state index >= 15 is 0 Å². The number of hydrogen-bond donors (Lipinski definition) is 2. The van der Waals surface area contributed by atoms with Crippen LogP contribution in [0.1, 0.15) is 20.8 Å². The molecule has 0 radical (unpaired) electrons. The highest BCUT2D eigenvalue weighted by Crippen LogP contribution is 2.08. The first-order chi connectivity index (χ1) is 5.87. The topological polar surface area (TPSA) is 61.8 Å². The van der Waals surface area contributed by atoms with Gasteiger partial charge in [0.25, 0.3) is 0 Å². The van der Waals surface area contributed by atoms with Gasteiger partial charge in [-0.3, -0.25) is 5.21 Å². The van der Waals surface area contributed by atoms with Gasteiger partial charge >= 0.3 is 6.09 Å². The normalized spacial score (nSPS) is 11.2. The third-order valence-electron chi connectivity index (χ3n) is 1.18. The zero-order chi connectivity index (χ0) is 10.5. The maximum Gasteiger partial charge on any atom is 0.434 e. The number of hydrogen-bond acceptors (Lipinski definition) is 4. The van der Waals surface area contributed by atoms with E-state index in [-0.39, 0.29) is 6.54 Å². The molecule has 0 aromatic carbocycles. The summed E-state index contributed by atoms with van der Waals surface area (Å²) in [6.45, 7) is 5.98. The van der Waals surface area contributed by atoms with Crippen molar-refractivity contribution in [2.75, 3.05) is 20.1 Å². The maximum atomic E-state index is 11.1. The molecule has 13 heavy (non-hydrogen) atoms. The number of ether oxygens (including phenoxy) is 1. The molecule has 0 saturated carbocycles. The van der Waals surface area contributed by atoms with Crippen LogP contribution < -0.4 is 5.32 Å². The van der Waals surface area contributed by atoms with Crippen LogP contribution in [0.15, 0.2) is 0 Å². The quantitative estimate of drug-likeness (QED) is 0.511. The summed E-state index contributed by atoms with van der Waals surface area (Å²) >= 11 is 0. The fraction of sp³-hybridized carbons (Fsp3) is 0.875. The predicted molar refractivity (Wildman–Crippen MR) is 48.7 cm³/mol. The molecule has 5 heteroatoms. The zero-order valence-corrected chi connectivity index (χ0v) is 8.63. The Morgan fingerprint density at radius 1 is 1.54 bits per heavy atom. The van der Waals surface area contributed by atoms with E-state index in [0.717, 1.165) is 0 Å². The summed E-state index contributed by atoms with van der Waals surface area (Å²) in [6, 6.07) is 0. The van der Waals surface area contributed by atoms with Gasteiger partial charge in [-0.05, 0) is 27.8 Å². The average molecular weight is 190 g/mol. The molecule has 0 aliphatic heterocycles. The lowest BCUT2D eigenvalue weighted by atomic mass is 10.2. The van der Waals surface area contributed by atoms with Gasteiger partial charge in [0.15, 0.2) is 0 Å². The Hall–Kier alpha value is -0.810. The van der Waals surface area contributed by atoms with Crippen LogP contribution in [-0.4, -0.2) is 42.1 Å². The molecule has 2 N–H and O–H groups in total. The third-order valence-corrected chi connectivity index (χ3v) is 1.18. The first-order valence-corrected chi connectivity index (χ1v) is 4.21. The van der Waals surface area contributed by atoms with Crippen molar-refractivity contribution < 1.29 is 14.7 Å². The first-order valence-electron chi connectivity index (χ1n) is 4.21. The number of amides is 1. The molecule has 0 aliphatic carbocycles. The van der Waals surface area contributed by atoms with Crippen LogP contribution in [0.4, 0.5) is 4.79 Å². The van der Waals surface area contributed by atoms with Gasteiger partial charge in [-0.15, -0.1) is 0 Å². The van der Waals surface area contributed by atoms with E-state index in [9.17, 15) is 4.79 Å². The molecule has 0 unspecified atom stereocenters. The summed E-state index contributed by atoms with van der Waals surface area (Å²) in [7, 11) is 1.74. The van der Waals surface area contributed by atoms with Crippen molar-refractivity contribution in [3.8, 4) is 0 Å². The summed E-state index contributed by atoms with van der Waals surface area (Å²) in [5, 5.41) is 12.5. The predicted octanol–water partition coefficient (Wildman–Crippen LogP) is 0.832. The summed E-state index contributed by atoms with van der Waals surface area (Å²) < 4.78 is 4.91. The van der Waals surface area contributed by atoms with Crippen LogP contribution in [0, 0.1) is 0 Å². The van der Waals surface area contributed by atoms with Crippen molar-refractivity contribution in [1.82, 2.24) is 10.4 Å². The minimum Gasteiger partial charge on any atom is -0.442 e. The highest BCUT2D eigenvalue weighted by Gasteiger charge is 2.20. The summed E-state index contributed by atoms with van der Waals surface area (Å²) in [5.41, 5.74) is -0.572. The van der Waals surface area contributed by atoms with Crippen LogP contribution in [0.5, 0.6) is 0 Å². The van der Waals surface area contributed by atoms with Gasteiger partial charge in [0.2, 0.25) is 0 Å². The van der Waals surface area contributed by atoms with Crippen LogP contribution in [0.3, 0.4) is 0 Å². The van der Waals surface area contributed by atoms with Gasteiger partial charge in [-0.1, -0.05) is 0 Å². The minimum absolute atomic E-state index is 0.214. The first kappa shape index (κ1) is 12.2. The van der Waals surface area contributed by atoms with Crippen LogP contribution in [-0.2, 0) is 4.74 Å². The molecule has 1 amide bonds. The highest BCUT2D eigenvalue weighted by atomic mass is 16.6. The van der Waals surface area contributed by atoms with Crippen molar-refractivity contribution in [3.63, 3.8) is 0 Å². The van der Waals surface area contributed by atoms with Crippen LogP contribution in [0.25, 0.3) is 0 Å². The van der Waals surface area contributed by atoms with Crippen molar-refractivity contribution >= 4 is 6.09 Å². The fourth-order valence-corrected chi connectivity index (χ4v) is 0.624. The molecule has 0 heterocycles. The number of hydroxylamine groups is 2. The van der Waals surface area contributed by atoms with Crippen molar-refractivity contribution in [2.24, 2.45) is 0 Å². The molecular formula is C8H18N2O3. The third kappa shape index (κ3) is 6.36. The lowest BCUT2D eigenvalue weighted by Gasteiger charge is -2.23. The van der Waals surface area contributed by atoms with Gasteiger partial charge in [0.05, 0.1) is 6.54 Å². The Labute approximate surface area is 78.6 Å². The minimum atomic E-state index is -0.720. The fourth-order valence-electron chi connectivity index (χ4n) is 0.624. The molecule has 0 rings (SSSR count). The monoisotopic (exact) mass is 190 g/mol. The molecule has 0 bridgehead atoms. The lowest BCUT2D eigenvalue weighted by molar-refractivity contribution is -0.0925. The Balaban J connectivity index is 3.83. The second kappa shape index (κ2) is 5.04. The lowest BCUT2D eigenvalue weighted by Crippen LogP contribution is -2.37. The number of rotatable bonds is 3. The Morgan fingerprint density at radius 3 is 2.46 bits per heavy atom. The molecular weight excluding hydrogens is 172 g/mol. The summed E-state index contributed by atoms with van der Waals surface area (Å²) in [4.78, 5) is 11.1. The number of likely N-dealkylation sites (N-methyl/N-ethyl adjacent to an activating group) is 1. The van der Waals surface area contributed by atoms with Crippen molar-refractivity contribution in [2.45, 2.75) is 26.4 Å². The Morgan fingerprint density at radius 2 is 2.08 bits per heavy atom. The molecule has 78 valence electrons. The van der Waals surface area contributed by atoms with Gasteiger partial charge in [-0.2, -0.15) is 5.06 Å². The van der Waals surface area contributed by atoms with E-state index in [0.29, 0.717) is 11.6 Å². The average Bonchev–Trinajstić information content (AvgIpc) is 1.96. The van der Waals surface area contributed by atoms with Gasteiger partial charge in [0, 0.05) is 6.54 Å². The maximum absolute atomic E-state index is 11.1. The van der Waals surface area contributed by atoms with E-state index in [1.165, 1.54) is 0 Å². The molecule has 0 spiro atoms. The molecule has 0 saturated heterocycles. The number of carbonyl (C=O) groups is 1. The molecule has 0 aromatic heterocycles. The molecule has 5 nitrogen and oxygen atoms in total. The van der Waals surface area contributed by atoms with Crippen molar-refractivity contribution in [3.05, 3.63) is 0 Å². The number of carbonyl (C=O) groups excluding carboxylic acids is 1. The molecule has 0 atom stereocenters. The van der Waals surface area contributed by atoms with Gasteiger partial charge in [0.1, 0.15) is 5.60 Å². The molecule has 0 aromatic rings. The zero-order valence-electron chi connectivity index (χ0n) is 8.63. The van der Waals surface area contributed by atoms with E-state index in [1.807, 2.05) is 0 Å². The standard InChI is InChI=1S/C8H18N2O3/c1-8(2,3)13-7(11)10(12)6-5-9-4/h9,12H,5-6H2,1-4H3. The largest absolute Gasteiger partial charge is 0.442 e. The van der Waals surface area contributed by atoms with Crippen LogP contribution in [0.2, 0.25) is 0 Å². The second-order valence-corrected chi connectivity index (χ2v) is 3.71. The van der Waals surface area contributed by atoms with Gasteiger partial charge < -0.3 is 10.1 Å². The summed E-state index contributed by atoms with van der Waals surface area (Å²) in [6.07, 6.45) is -0.720. The van der Waals surface area contributed by atoms with Crippen LogP contribution >= 0.6 is 0 Å². The van der Waals surface area contributed by atoms with Gasteiger partial charge in [-0.25, -0.2) is 4.79 Å². The van der Waals surface area contributed by atoms with E-state index in [4.69, 9.17) is 9.94 Å². The Kier molecular flexibility index (Phi) is 4.72. The van der Waals surface area contributed by atoms with Crippen molar-refractivity contribution in [1.29, 1.82) is 0 Å². The number of nitrogens with one attached hydrogen (secondary N) is 1. The smallest absolute Gasteiger partial charge is 0.434 e. The SMILES string of the molecule is CNCCN(O)C(=O)OC(C)(C)C. The van der Waals surface area contributed by atoms with E-state index in [2.05, 4.69) is 5.32 Å². The van der Waals surface area contributed by atoms with E-state index in [1.54, 1.807) is 27.8 Å². The van der Waals surface area contributed by atoms with E-state index < -0.39 is 11.7 Å². The highest BCUT2D eigenvalue weighted by molar-refractivity contribution is 5.66. The molecule has 0 fully saturated rings. The Bertz CT molecular complexity index is 165.